The predicted molar refractivity (Wildman–Crippen MR) is 97.2 cm³/mol. The smallest absolute Gasteiger partial charge is 0.309 e. The van der Waals surface area contributed by atoms with E-state index in [1.807, 2.05) is 14.0 Å². The molecule has 0 saturated carbocycles. The summed E-state index contributed by atoms with van der Waals surface area (Å²) in [6.45, 7) is 9.60. The quantitative estimate of drug-likeness (QED) is 0.470. The van der Waals surface area contributed by atoms with Gasteiger partial charge in [0.2, 0.25) is 0 Å². The average Bonchev–Trinajstić information content (AvgIpc) is 2.63. The topological polar surface area (TPSA) is 57.2 Å². The monoisotopic (exact) mass is 338 g/mol. The number of likely N-dealkylation sites (N-methyl/N-ethyl adjacent to an activating group) is 1. The molecule has 1 N–H and O–H groups in total. The van der Waals surface area contributed by atoms with Crippen LogP contribution < -0.4 is 5.32 Å². The van der Waals surface area contributed by atoms with Gasteiger partial charge in [-0.2, -0.15) is 0 Å². The summed E-state index contributed by atoms with van der Waals surface area (Å²) in [4.78, 5) is 21.1. The Morgan fingerprint density at radius 1 is 1.17 bits per heavy atom. The van der Waals surface area contributed by atoms with E-state index in [1.165, 1.54) is 25.8 Å². The molecule has 2 heterocycles. The van der Waals surface area contributed by atoms with Crippen LogP contribution in [0.4, 0.5) is 0 Å². The van der Waals surface area contributed by atoms with Gasteiger partial charge in [-0.05, 0) is 45.7 Å². The molecule has 6 nitrogen and oxygen atoms in total. The van der Waals surface area contributed by atoms with Crippen LogP contribution in [-0.2, 0) is 9.53 Å². The average molecular weight is 338 g/mol. The van der Waals surface area contributed by atoms with Crippen molar-refractivity contribution in [2.45, 2.75) is 52.0 Å². The molecule has 0 spiro atoms. The van der Waals surface area contributed by atoms with Gasteiger partial charge in [-0.3, -0.25) is 14.7 Å². The van der Waals surface area contributed by atoms with Crippen LogP contribution >= 0.6 is 0 Å². The molecule has 2 aliphatic rings. The first-order chi connectivity index (χ1) is 11.7. The predicted octanol–water partition coefficient (Wildman–Crippen LogP) is 1.71. The Bertz CT molecular complexity index is 419. The minimum Gasteiger partial charge on any atom is -0.466 e. The minimum atomic E-state index is -0.0408. The Labute approximate surface area is 146 Å². The second-order valence-electron chi connectivity index (χ2n) is 6.72. The van der Waals surface area contributed by atoms with Gasteiger partial charge in [0, 0.05) is 32.7 Å². The molecule has 138 valence electrons. The van der Waals surface area contributed by atoms with Gasteiger partial charge in [-0.15, -0.1) is 0 Å². The number of guanidine groups is 1. The summed E-state index contributed by atoms with van der Waals surface area (Å²) in [6.07, 6.45) is 5.61. The fourth-order valence-electron chi connectivity index (χ4n) is 3.84. The molecule has 2 saturated heterocycles. The number of rotatable bonds is 5. The third-order valence-electron chi connectivity index (χ3n) is 5.28. The van der Waals surface area contributed by atoms with Crippen molar-refractivity contribution in [2.75, 3.05) is 46.4 Å². The van der Waals surface area contributed by atoms with Crippen LogP contribution in [0.2, 0.25) is 0 Å². The lowest BCUT2D eigenvalue weighted by atomic mass is 9.97. The van der Waals surface area contributed by atoms with E-state index >= 15 is 0 Å². The van der Waals surface area contributed by atoms with Crippen LogP contribution in [0.5, 0.6) is 0 Å². The van der Waals surface area contributed by atoms with Crippen molar-refractivity contribution in [2.24, 2.45) is 10.9 Å². The van der Waals surface area contributed by atoms with Crippen molar-refractivity contribution in [3.63, 3.8) is 0 Å². The van der Waals surface area contributed by atoms with E-state index in [4.69, 9.17) is 4.74 Å². The maximum atomic E-state index is 11.9. The zero-order valence-corrected chi connectivity index (χ0v) is 15.6. The maximum absolute atomic E-state index is 11.9. The highest BCUT2D eigenvalue weighted by Gasteiger charge is 2.28. The third kappa shape index (κ3) is 5.10. The Balaban J connectivity index is 1.79. The molecular formula is C18H34N4O2. The highest BCUT2D eigenvalue weighted by Crippen LogP contribution is 2.19. The second kappa shape index (κ2) is 9.87. The van der Waals surface area contributed by atoms with E-state index in [9.17, 15) is 4.79 Å². The van der Waals surface area contributed by atoms with Crippen molar-refractivity contribution in [1.29, 1.82) is 0 Å². The number of carbonyl (C=O) groups excluding carboxylic acids is 1. The van der Waals surface area contributed by atoms with Crippen LogP contribution in [0.3, 0.4) is 0 Å². The standard InChI is InChI=1S/C18H34N4O2/c1-4-21-11-7-6-8-16(21)14-20-18(19-3)22-12-9-15(10-13-22)17(23)24-5-2/h15-16H,4-14H2,1-3H3,(H,19,20). The van der Waals surface area contributed by atoms with E-state index < -0.39 is 0 Å². The first kappa shape index (κ1) is 19.0. The number of hydrogen-bond donors (Lipinski definition) is 1. The molecular weight excluding hydrogens is 304 g/mol. The van der Waals surface area contributed by atoms with Crippen molar-refractivity contribution in [3.8, 4) is 0 Å². The second-order valence-corrected chi connectivity index (χ2v) is 6.72. The zero-order valence-electron chi connectivity index (χ0n) is 15.6. The summed E-state index contributed by atoms with van der Waals surface area (Å²) in [5, 5.41) is 3.56. The number of aliphatic imine (C=N–C) groups is 1. The number of esters is 1. The maximum Gasteiger partial charge on any atom is 0.309 e. The number of hydrogen-bond acceptors (Lipinski definition) is 4. The van der Waals surface area contributed by atoms with Crippen molar-refractivity contribution in [1.82, 2.24) is 15.1 Å². The summed E-state index contributed by atoms with van der Waals surface area (Å²) in [6, 6.07) is 0.609. The molecule has 0 radical (unpaired) electrons. The Kier molecular flexibility index (Phi) is 7.82. The molecule has 0 aromatic rings. The fraction of sp³-hybridized carbons (Fsp3) is 0.889. The summed E-state index contributed by atoms with van der Waals surface area (Å²) in [5.74, 6) is 0.980. The lowest BCUT2D eigenvalue weighted by Gasteiger charge is -2.37. The number of piperidine rings is 2. The van der Waals surface area contributed by atoms with Gasteiger partial charge >= 0.3 is 5.97 Å². The molecule has 24 heavy (non-hydrogen) atoms. The summed E-state index contributed by atoms with van der Waals surface area (Å²) in [5.41, 5.74) is 0. The molecule has 0 aromatic heterocycles. The lowest BCUT2D eigenvalue weighted by molar-refractivity contribution is -0.149. The van der Waals surface area contributed by atoms with Crippen molar-refractivity contribution >= 4 is 11.9 Å². The molecule has 1 unspecified atom stereocenters. The molecule has 0 aromatic carbocycles. The van der Waals surface area contributed by atoms with Crippen LogP contribution in [0.15, 0.2) is 4.99 Å². The normalized spacial score (nSPS) is 24.0. The highest BCUT2D eigenvalue weighted by molar-refractivity contribution is 5.80. The van der Waals surface area contributed by atoms with Gasteiger partial charge in [0.25, 0.3) is 0 Å². The van der Waals surface area contributed by atoms with Gasteiger partial charge in [0.05, 0.1) is 12.5 Å². The van der Waals surface area contributed by atoms with Gasteiger partial charge in [-0.1, -0.05) is 13.3 Å². The van der Waals surface area contributed by atoms with Crippen LogP contribution in [0.25, 0.3) is 0 Å². The first-order valence-corrected chi connectivity index (χ1v) is 9.55. The fourth-order valence-corrected chi connectivity index (χ4v) is 3.84. The zero-order chi connectivity index (χ0) is 17.4. The number of nitrogens with one attached hydrogen (secondary N) is 1. The van der Waals surface area contributed by atoms with Gasteiger partial charge in [0.1, 0.15) is 0 Å². The number of likely N-dealkylation sites (tertiary alicyclic amines) is 2. The largest absolute Gasteiger partial charge is 0.466 e. The van der Waals surface area contributed by atoms with E-state index in [-0.39, 0.29) is 11.9 Å². The highest BCUT2D eigenvalue weighted by atomic mass is 16.5. The molecule has 0 amide bonds. The lowest BCUT2D eigenvalue weighted by Crippen LogP contribution is -2.51. The Morgan fingerprint density at radius 2 is 1.92 bits per heavy atom. The Hall–Kier alpha value is -1.30. The number of carbonyl (C=O) groups is 1. The van der Waals surface area contributed by atoms with E-state index in [2.05, 4.69) is 27.0 Å². The summed E-state index contributed by atoms with van der Waals surface area (Å²) >= 11 is 0. The molecule has 6 heteroatoms. The number of ether oxygens (including phenoxy) is 1. The van der Waals surface area contributed by atoms with Gasteiger partial charge in [-0.25, -0.2) is 0 Å². The number of nitrogens with zero attached hydrogens (tertiary/aromatic N) is 3. The summed E-state index contributed by atoms with van der Waals surface area (Å²) in [7, 11) is 1.85. The molecule has 2 fully saturated rings. The molecule has 0 aliphatic carbocycles. The van der Waals surface area contributed by atoms with Crippen LogP contribution in [0.1, 0.15) is 46.0 Å². The van der Waals surface area contributed by atoms with Crippen LogP contribution in [-0.4, -0.2) is 74.1 Å². The van der Waals surface area contributed by atoms with E-state index in [1.54, 1.807) is 0 Å². The van der Waals surface area contributed by atoms with Crippen LogP contribution in [0, 0.1) is 5.92 Å². The first-order valence-electron chi connectivity index (χ1n) is 9.55. The molecule has 0 bridgehead atoms. The van der Waals surface area contributed by atoms with E-state index in [0.29, 0.717) is 12.6 Å². The third-order valence-corrected chi connectivity index (χ3v) is 5.28. The molecule has 2 aliphatic heterocycles. The van der Waals surface area contributed by atoms with Crippen molar-refractivity contribution < 1.29 is 9.53 Å². The van der Waals surface area contributed by atoms with Gasteiger partial charge in [0.15, 0.2) is 5.96 Å². The summed E-state index contributed by atoms with van der Waals surface area (Å²) < 4.78 is 5.15. The SMILES string of the molecule is CCOC(=O)C1CCN(C(=NC)NCC2CCCCN2CC)CC1. The minimum absolute atomic E-state index is 0.0408. The van der Waals surface area contributed by atoms with Crippen molar-refractivity contribution in [3.05, 3.63) is 0 Å². The molecule has 1 atom stereocenters. The van der Waals surface area contributed by atoms with E-state index in [0.717, 1.165) is 45.0 Å². The van der Waals surface area contributed by atoms with Gasteiger partial charge < -0.3 is 15.0 Å². The Morgan fingerprint density at radius 3 is 2.54 bits per heavy atom. The molecule has 2 rings (SSSR count).